The summed E-state index contributed by atoms with van der Waals surface area (Å²) in [5.41, 5.74) is 0.764. The van der Waals surface area contributed by atoms with E-state index in [0.29, 0.717) is 12.1 Å². The van der Waals surface area contributed by atoms with E-state index in [1.165, 1.54) is 29.2 Å². The van der Waals surface area contributed by atoms with Gasteiger partial charge in [-0.15, -0.1) is 0 Å². The number of phenolic OH excluding ortho intramolecular Hbond substituents is 1. The molecule has 1 fully saturated rings. The molecule has 27 heavy (non-hydrogen) atoms. The minimum Gasteiger partial charge on any atom is -0.508 e. The van der Waals surface area contributed by atoms with Crippen molar-refractivity contribution < 1.29 is 27.9 Å². The molecule has 1 heterocycles. The molecule has 0 radical (unpaired) electrons. The molecule has 0 bridgehead atoms. The van der Waals surface area contributed by atoms with Crippen molar-refractivity contribution in [2.24, 2.45) is 0 Å². The van der Waals surface area contributed by atoms with Gasteiger partial charge in [0.25, 0.3) is 5.91 Å². The number of anilines is 1. The van der Waals surface area contributed by atoms with Crippen molar-refractivity contribution >= 4 is 27.4 Å². The fourth-order valence-electron chi connectivity index (χ4n) is 3.00. The number of para-hydroxylation sites is 1. The van der Waals surface area contributed by atoms with Gasteiger partial charge in [-0.05, 0) is 42.8 Å². The Labute approximate surface area is 157 Å². The van der Waals surface area contributed by atoms with E-state index in [-0.39, 0.29) is 22.8 Å². The van der Waals surface area contributed by atoms with Gasteiger partial charge in [0.1, 0.15) is 5.75 Å². The molecule has 1 N–H and O–H groups in total. The maximum Gasteiger partial charge on any atom is 0.338 e. The highest BCUT2D eigenvalue weighted by Gasteiger charge is 2.35. The summed E-state index contributed by atoms with van der Waals surface area (Å²) in [7, 11) is -3.19. The van der Waals surface area contributed by atoms with Crippen LogP contribution in [0, 0.1) is 0 Å². The summed E-state index contributed by atoms with van der Waals surface area (Å²) >= 11 is 0. The van der Waals surface area contributed by atoms with Crippen LogP contribution >= 0.6 is 0 Å². The summed E-state index contributed by atoms with van der Waals surface area (Å²) in [4.78, 5) is 26.2. The zero-order chi connectivity index (χ0) is 19.4. The minimum atomic E-state index is -3.19. The Morgan fingerprint density at radius 1 is 1.07 bits per heavy atom. The van der Waals surface area contributed by atoms with Crippen LogP contribution in [0.3, 0.4) is 0 Å². The SMILES string of the molecule is O=C(OCC(=O)N(c1ccccc1)[C@@H]1CCS(=O)(=O)C1)c1ccc(O)cc1. The van der Waals surface area contributed by atoms with E-state index >= 15 is 0 Å². The molecule has 1 amide bonds. The van der Waals surface area contributed by atoms with E-state index in [0.717, 1.165) is 0 Å². The van der Waals surface area contributed by atoms with E-state index in [1.54, 1.807) is 30.3 Å². The smallest absolute Gasteiger partial charge is 0.338 e. The second-order valence-corrected chi connectivity index (χ2v) is 8.51. The van der Waals surface area contributed by atoms with Gasteiger partial charge in [0.15, 0.2) is 16.4 Å². The first-order valence-electron chi connectivity index (χ1n) is 8.39. The molecule has 1 aliphatic heterocycles. The van der Waals surface area contributed by atoms with Gasteiger partial charge in [0.05, 0.1) is 23.1 Å². The number of aromatic hydroxyl groups is 1. The van der Waals surface area contributed by atoms with Gasteiger partial charge in [-0.25, -0.2) is 13.2 Å². The largest absolute Gasteiger partial charge is 0.508 e. The molecule has 3 rings (SSSR count). The number of nitrogens with zero attached hydrogens (tertiary/aromatic N) is 1. The quantitative estimate of drug-likeness (QED) is 0.782. The van der Waals surface area contributed by atoms with Crippen molar-refractivity contribution in [2.75, 3.05) is 23.0 Å². The Kier molecular flexibility index (Phi) is 5.46. The molecule has 0 unspecified atom stereocenters. The average Bonchev–Trinajstić information content (AvgIpc) is 3.00. The first kappa shape index (κ1) is 18.9. The highest BCUT2D eigenvalue weighted by Crippen LogP contribution is 2.24. The Hall–Kier alpha value is -2.87. The van der Waals surface area contributed by atoms with Gasteiger partial charge in [0, 0.05) is 5.69 Å². The molecule has 142 valence electrons. The van der Waals surface area contributed by atoms with E-state index in [9.17, 15) is 23.1 Å². The van der Waals surface area contributed by atoms with Gasteiger partial charge in [0.2, 0.25) is 0 Å². The van der Waals surface area contributed by atoms with Gasteiger partial charge in [-0.1, -0.05) is 18.2 Å². The molecule has 2 aromatic rings. The fourth-order valence-corrected chi connectivity index (χ4v) is 4.70. The standard InChI is InChI=1S/C19H19NO6S/c21-17-8-6-14(7-9-17)19(23)26-12-18(22)20(15-4-2-1-3-5-15)16-10-11-27(24,25)13-16/h1-9,16,21H,10-13H2/t16-/m1/s1. The second-order valence-electron chi connectivity index (χ2n) is 6.28. The first-order chi connectivity index (χ1) is 12.9. The summed E-state index contributed by atoms with van der Waals surface area (Å²) in [6, 6.07) is 13.7. The molecule has 2 aromatic carbocycles. The van der Waals surface area contributed by atoms with Gasteiger partial charge < -0.3 is 14.7 Å². The van der Waals surface area contributed by atoms with E-state index in [1.807, 2.05) is 0 Å². The average molecular weight is 389 g/mol. The molecular formula is C19H19NO6S. The van der Waals surface area contributed by atoms with Crippen LogP contribution in [-0.4, -0.2) is 49.6 Å². The highest BCUT2D eigenvalue weighted by molar-refractivity contribution is 7.91. The number of amides is 1. The molecule has 8 heteroatoms. The van der Waals surface area contributed by atoms with Gasteiger partial charge in [-0.3, -0.25) is 4.79 Å². The number of carbonyl (C=O) groups excluding carboxylic acids is 2. The number of esters is 1. The topological polar surface area (TPSA) is 101 Å². The Morgan fingerprint density at radius 2 is 1.74 bits per heavy atom. The lowest BCUT2D eigenvalue weighted by Gasteiger charge is -2.28. The molecule has 1 aliphatic rings. The van der Waals surface area contributed by atoms with Gasteiger partial charge in [-0.2, -0.15) is 0 Å². The van der Waals surface area contributed by atoms with Gasteiger partial charge >= 0.3 is 5.97 Å². The van der Waals surface area contributed by atoms with Crippen molar-refractivity contribution in [3.63, 3.8) is 0 Å². The summed E-state index contributed by atoms with van der Waals surface area (Å²) in [6.07, 6.45) is 0.342. The lowest BCUT2D eigenvalue weighted by molar-refractivity contribution is -0.122. The van der Waals surface area contributed by atoms with Crippen LogP contribution in [0.1, 0.15) is 16.8 Å². The lowest BCUT2D eigenvalue weighted by atomic mass is 10.2. The van der Waals surface area contributed by atoms with Crippen LogP contribution < -0.4 is 4.90 Å². The summed E-state index contributed by atoms with van der Waals surface area (Å²) in [5.74, 6) is -1.26. The number of phenols is 1. The maximum absolute atomic E-state index is 12.7. The van der Waals surface area contributed by atoms with Crippen molar-refractivity contribution in [3.8, 4) is 5.75 Å². The Balaban J connectivity index is 1.73. The molecular weight excluding hydrogens is 370 g/mol. The minimum absolute atomic E-state index is 0.0142. The van der Waals surface area contributed by atoms with Crippen molar-refractivity contribution in [3.05, 3.63) is 60.2 Å². The molecule has 7 nitrogen and oxygen atoms in total. The number of hydrogen-bond donors (Lipinski definition) is 1. The number of rotatable bonds is 5. The Bertz CT molecular complexity index is 924. The van der Waals surface area contributed by atoms with Crippen LogP contribution in [0.15, 0.2) is 54.6 Å². The first-order valence-corrected chi connectivity index (χ1v) is 10.2. The molecule has 1 saturated heterocycles. The number of carbonyl (C=O) groups is 2. The summed E-state index contributed by atoms with van der Waals surface area (Å²) in [6.45, 7) is -0.509. The van der Waals surface area contributed by atoms with Crippen molar-refractivity contribution in [1.29, 1.82) is 0 Å². The van der Waals surface area contributed by atoms with Crippen molar-refractivity contribution in [1.82, 2.24) is 0 Å². The van der Waals surface area contributed by atoms with E-state index in [2.05, 4.69) is 0 Å². The van der Waals surface area contributed by atoms with Crippen molar-refractivity contribution in [2.45, 2.75) is 12.5 Å². The Morgan fingerprint density at radius 3 is 2.33 bits per heavy atom. The molecule has 0 saturated carbocycles. The molecule has 0 aromatic heterocycles. The van der Waals surface area contributed by atoms with Crippen LogP contribution in [0.25, 0.3) is 0 Å². The number of sulfone groups is 1. The zero-order valence-corrected chi connectivity index (χ0v) is 15.3. The summed E-state index contributed by atoms with van der Waals surface area (Å²) in [5, 5.41) is 9.26. The van der Waals surface area contributed by atoms with Crippen LogP contribution in [0.2, 0.25) is 0 Å². The second kappa shape index (κ2) is 7.79. The predicted octanol–water partition coefficient (Wildman–Crippen LogP) is 1.77. The number of benzene rings is 2. The number of hydrogen-bond acceptors (Lipinski definition) is 6. The van der Waals surface area contributed by atoms with E-state index in [4.69, 9.17) is 4.74 Å². The molecule has 1 atom stereocenters. The fraction of sp³-hybridized carbons (Fsp3) is 0.263. The lowest BCUT2D eigenvalue weighted by Crippen LogP contribution is -2.43. The third-order valence-electron chi connectivity index (χ3n) is 4.31. The predicted molar refractivity (Wildman–Crippen MR) is 99.4 cm³/mol. The third-order valence-corrected chi connectivity index (χ3v) is 6.06. The maximum atomic E-state index is 12.7. The van der Waals surface area contributed by atoms with Crippen LogP contribution in [-0.2, 0) is 19.4 Å². The number of ether oxygens (including phenoxy) is 1. The zero-order valence-electron chi connectivity index (χ0n) is 14.4. The van der Waals surface area contributed by atoms with E-state index < -0.39 is 34.4 Å². The third kappa shape index (κ3) is 4.65. The normalized spacial score (nSPS) is 18.0. The molecule has 0 aliphatic carbocycles. The molecule has 0 spiro atoms. The monoisotopic (exact) mass is 389 g/mol. The van der Waals surface area contributed by atoms with Crippen LogP contribution in [0.4, 0.5) is 5.69 Å². The summed E-state index contributed by atoms with van der Waals surface area (Å²) < 4.78 is 28.8. The van der Waals surface area contributed by atoms with Crippen LogP contribution in [0.5, 0.6) is 5.75 Å². The highest BCUT2D eigenvalue weighted by atomic mass is 32.2.